The Balaban J connectivity index is 1.39. The fourth-order valence-electron chi connectivity index (χ4n) is 5.63. The zero-order valence-electron chi connectivity index (χ0n) is 24.1. The van der Waals surface area contributed by atoms with Crippen LogP contribution in [0.2, 0.25) is 0 Å². The van der Waals surface area contributed by atoms with Gasteiger partial charge in [-0.2, -0.15) is 5.10 Å². The number of aryl methyl sites for hydroxylation is 1. The summed E-state index contributed by atoms with van der Waals surface area (Å²) in [6.07, 6.45) is 9.45. The minimum atomic E-state index is 0.294. The summed E-state index contributed by atoms with van der Waals surface area (Å²) in [5.41, 5.74) is 3.91. The highest BCUT2D eigenvalue weighted by molar-refractivity contribution is 5.91. The molecule has 3 heterocycles. The van der Waals surface area contributed by atoms with Gasteiger partial charge in [-0.05, 0) is 37.5 Å². The summed E-state index contributed by atoms with van der Waals surface area (Å²) < 4.78 is 1.94. The molecule has 0 spiro atoms. The fraction of sp³-hybridized carbons (Fsp3) is 0.455. The number of para-hydroxylation sites is 1. The molecule has 210 valence electrons. The lowest BCUT2D eigenvalue weighted by Crippen LogP contribution is -2.35. The van der Waals surface area contributed by atoms with Crippen molar-refractivity contribution in [2.24, 2.45) is 0 Å². The molecule has 0 saturated carbocycles. The van der Waals surface area contributed by atoms with E-state index in [2.05, 4.69) is 53.1 Å². The normalized spacial score (nSPS) is 14.1. The van der Waals surface area contributed by atoms with Crippen molar-refractivity contribution in [1.29, 1.82) is 0 Å². The molecule has 0 bridgehead atoms. The lowest BCUT2D eigenvalue weighted by atomic mass is 10.1. The average molecular weight is 539 g/mol. The van der Waals surface area contributed by atoms with Gasteiger partial charge in [0.1, 0.15) is 11.6 Å². The number of fused-ring (bicyclic) bond motifs is 1. The molecule has 0 atom stereocenters. The Morgan fingerprint density at radius 2 is 1.55 bits per heavy atom. The molecule has 0 radical (unpaired) electrons. The van der Waals surface area contributed by atoms with Crippen LogP contribution in [0.5, 0.6) is 0 Å². The second-order valence-electron chi connectivity index (χ2n) is 10.9. The quantitative estimate of drug-likeness (QED) is 0.204. The Bertz CT molecular complexity index is 1380. The lowest BCUT2D eigenvalue weighted by Gasteiger charge is -2.24. The standard InChI is InChI=1S/C33H42N6O/c1-3-4-5-6-7-14-20-30(40)37-21-15-22-38(24-23-37)32-31-26(2)36-39(28-18-12-9-13-19-28)33(31)35-29(34-32)25-27-16-10-8-11-17-27/h8-13,16-19H,3-7,14-15,20-25H2,1-2H3. The molecule has 40 heavy (non-hydrogen) atoms. The van der Waals surface area contributed by atoms with Gasteiger partial charge in [0.05, 0.1) is 16.8 Å². The number of amides is 1. The van der Waals surface area contributed by atoms with E-state index < -0.39 is 0 Å². The number of aromatic nitrogens is 4. The van der Waals surface area contributed by atoms with E-state index >= 15 is 0 Å². The summed E-state index contributed by atoms with van der Waals surface area (Å²) in [6, 6.07) is 20.6. The number of anilines is 1. The van der Waals surface area contributed by atoms with Crippen LogP contribution in [0.3, 0.4) is 0 Å². The monoisotopic (exact) mass is 538 g/mol. The Labute approximate surface area is 238 Å². The fourth-order valence-corrected chi connectivity index (χ4v) is 5.63. The van der Waals surface area contributed by atoms with E-state index in [4.69, 9.17) is 15.1 Å². The number of rotatable bonds is 11. The second kappa shape index (κ2) is 13.6. The predicted octanol–water partition coefficient (Wildman–Crippen LogP) is 6.50. The molecule has 1 aliphatic rings. The highest BCUT2D eigenvalue weighted by atomic mass is 16.2. The smallest absolute Gasteiger partial charge is 0.222 e. The van der Waals surface area contributed by atoms with E-state index in [0.29, 0.717) is 18.7 Å². The summed E-state index contributed by atoms with van der Waals surface area (Å²) >= 11 is 0. The highest BCUT2D eigenvalue weighted by Gasteiger charge is 2.25. The van der Waals surface area contributed by atoms with Gasteiger partial charge in [-0.3, -0.25) is 4.79 Å². The van der Waals surface area contributed by atoms with Gasteiger partial charge in [-0.1, -0.05) is 87.6 Å². The molecular formula is C33H42N6O. The van der Waals surface area contributed by atoms with Gasteiger partial charge in [0.2, 0.25) is 5.91 Å². The number of hydrogen-bond acceptors (Lipinski definition) is 5. The van der Waals surface area contributed by atoms with E-state index in [0.717, 1.165) is 79.5 Å². The number of hydrogen-bond donors (Lipinski definition) is 0. The highest BCUT2D eigenvalue weighted by Crippen LogP contribution is 2.30. The van der Waals surface area contributed by atoms with Gasteiger partial charge in [-0.15, -0.1) is 0 Å². The summed E-state index contributed by atoms with van der Waals surface area (Å²) in [5, 5.41) is 5.91. The molecule has 2 aromatic heterocycles. The molecule has 2 aromatic carbocycles. The van der Waals surface area contributed by atoms with E-state index in [1.807, 2.05) is 35.9 Å². The molecule has 5 rings (SSSR count). The molecule has 1 fully saturated rings. The molecule has 0 aliphatic carbocycles. The van der Waals surface area contributed by atoms with Crippen molar-refractivity contribution >= 4 is 22.8 Å². The van der Waals surface area contributed by atoms with Gasteiger partial charge >= 0.3 is 0 Å². The van der Waals surface area contributed by atoms with Crippen molar-refractivity contribution < 1.29 is 4.79 Å². The van der Waals surface area contributed by atoms with E-state index in [9.17, 15) is 4.79 Å². The van der Waals surface area contributed by atoms with Crippen LogP contribution in [0.4, 0.5) is 5.82 Å². The van der Waals surface area contributed by atoms with Gasteiger partial charge in [-0.25, -0.2) is 14.6 Å². The van der Waals surface area contributed by atoms with Crippen molar-refractivity contribution in [2.45, 2.75) is 71.6 Å². The Morgan fingerprint density at radius 3 is 2.33 bits per heavy atom. The molecule has 1 aliphatic heterocycles. The third-order valence-electron chi connectivity index (χ3n) is 7.83. The first-order chi connectivity index (χ1) is 19.6. The first-order valence-electron chi connectivity index (χ1n) is 15.0. The van der Waals surface area contributed by atoms with Crippen LogP contribution < -0.4 is 4.90 Å². The second-order valence-corrected chi connectivity index (χ2v) is 10.9. The number of nitrogens with zero attached hydrogens (tertiary/aromatic N) is 6. The maximum absolute atomic E-state index is 13.0. The topological polar surface area (TPSA) is 67.2 Å². The molecule has 1 saturated heterocycles. The molecule has 0 N–H and O–H groups in total. The SMILES string of the molecule is CCCCCCCCC(=O)N1CCCN(c2nc(Cc3ccccc3)nc3c2c(C)nn3-c2ccccc2)CC1. The summed E-state index contributed by atoms with van der Waals surface area (Å²) in [6.45, 7) is 7.42. The zero-order valence-corrected chi connectivity index (χ0v) is 24.1. The Morgan fingerprint density at radius 1 is 0.825 bits per heavy atom. The van der Waals surface area contributed by atoms with E-state index in [1.165, 1.54) is 31.2 Å². The van der Waals surface area contributed by atoms with Crippen molar-refractivity contribution in [3.8, 4) is 5.69 Å². The van der Waals surface area contributed by atoms with Crippen LogP contribution >= 0.6 is 0 Å². The molecular weight excluding hydrogens is 496 g/mol. The summed E-state index contributed by atoms with van der Waals surface area (Å²) in [5.74, 6) is 2.01. The largest absolute Gasteiger partial charge is 0.354 e. The van der Waals surface area contributed by atoms with Gasteiger partial charge in [0.15, 0.2) is 5.65 Å². The number of carbonyl (C=O) groups excluding carboxylic acids is 1. The summed E-state index contributed by atoms with van der Waals surface area (Å²) in [7, 11) is 0. The van der Waals surface area contributed by atoms with E-state index in [1.54, 1.807) is 0 Å². The lowest BCUT2D eigenvalue weighted by molar-refractivity contribution is -0.131. The Kier molecular flexibility index (Phi) is 9.42. The van der Waals surface area contributed by atoms with Gasteiger partial charge < -0.3 is 9.80 Å². The van der Waals surface area contributed by atoms with Crippen molar-refractivity contribution in [3.63, 3.8) is 0 Å². The van der Waals surface area contributed by atoms with Crippen molar-refractivity contribution in [2.75, 3.05) is 31.1 Å². The van der Waals surface area contributed by atoms with Crippen LogP contribution in [0.25, 0.3) is 16.7 Å². The van der Waals surface area contributed by atoms with Crippen LogP contribution in [-0.2, 0) is 11.2 Å². The molecule has 1 amide bonds. The van der Waals surface area contributed by atoms with Gasteiger partial charge in [0.25, 0.3) is 0 Å². The number of carbonyl (C=O) groups is 1. The van der Waals surface area contributed by atoms with E-state index in [-0.39, 0.29) is 0 Å². The molecule has 7 heteroatoms. The maximum atomic E-state index is 13.0. The first kappa shape index (κ1) is 27.8. The first-order valence-corrected chi connectivity index (χ1v) is 15.0. The third kappa shape index (κ3) is 6.69. The third-order valence-corrected chi connectivity index (χ3v) is 7.83. The maximum Gasteiger partial charge on any atom is 0.222 e. The average Bonchev–Trinajstić information content (AvgIpc) is 3.14. The molecule has 0 unspecified atom stereocenters. The molecule has 4 aromatic rings. The van der Waals surface area contributed by atoms with Crippen LogP contribution in [-0.4, -0.2) is 56.7 Å². The van der Waals surface area contributed by atoms with Gasteiger partial charge in [0, 0.05) is 39.0 Å². The minimum absolute atomic E-state index is 0.294. The zero-order chi connectivity index (χ0) is 27.7. The van der Waals surface area contributed by atoms with Crippen molar-refractivity contribution in [3.05, 3.63) is 77.7 Å². The van der Waals surface area contributed by atoms with Crippen LogP contribution in [0.1, 0.15) is 75.4 Å². The number of benzene rings is 2. The van der Waals surface area contributed by atoms with Crippen LogP contribution in [0, 0.1) is 6.92 Å². The number of unbranched alkanes of at least 4 members (excludes halogenated alkanes) is 5. The Hall–Kier alpha value is -3.74. The summed E-state index contributed by atoms with van der Waals surface area (Å²) in [4.78, 5) is 27.6. The predicted molar refractivity (Wildman–Crippen MR) is 162 cm³/mol. The van der Waals surface area contributed by atoms with Crippen molar-refractivity contribution in [1.82, 2.24) is 24.6 Å². The molecule has 7 nitrogen and oxygen atoms in total. The minimum Gasteiger partial charge on any atom is -0.354 e. The van der Waals surface area contributed by atoms with Crippen LogP contribution in [0.15, 0.2) is 60.7 Å².